The molecule has 1 aromatic rings. The summed E-state index contributed by atoms with van der Waals surface area (Å²) in [6.45, 7) is 2.18. The summed E-state index contributed by atoms with van der Waals surface area (Å²) in [5, 5.41) is 12.3. The summed E-state index contributed by atoms with van der Waals surface area (Å²) in [6.07, 6.45) is 0. The quantitative estimate of drug-likeness (QED) is 0.730. The van der Waals surface area contributed by atoms with Gasteiger partial charge in [-0.1, -0.05) is 23.7 Å². The van der Waals surface area contributed by atoms with Gasteiger partial charge < -0.3 is 16.2 Å². The number of nitrogens with two attached hydrogens (primary N) is 1. The van der Waals surface area contributed by atoms with Crippen molar-refractivity contribution in [2.75, 3.05) is 6.54 Å². The minimum absolute atomic E-state index is 0.0441. The Bertz CT molecular complexity index is 354. The molecule has 0 aromatic heterocycles. The van der Waals surface area contributed by atoms with E-state index in [9.17, 15) is 4.79 Å². The standard InChI is InChI=1S/C11H15ClN2O2/c1-7(14-6-10(13)11(15)16)8-2-4-9(12)5-3-8/h2-5,7,10,14H,6,13H2,1H3,(H,15,16)/t7-,10?/m0/s1. The highest BCUT2D eigenvalue weighted by molar-refractivity contribution is 6.30. The molecular weight excluding hydrogens is 228 g/mol. The molecule has 0 aliphatic carbocycles. The van der Waals surface area contributed by atoms with Crippen molar-refractivity contribution in [2.24, 2.45) is 5.73 Å². The van der Waals surface area contributed by atoms with Crippen molar-refractivity contribution in [3.8, 4) is 0 Å². The molecule has 5 heteroatoms. The predicted octanol–water partition coefficient (Wildman–Crippen LogP) is 1.40. The van der Waals surface area contributed by atoms with Gasteiger partial charge in [-0.2, -0.15) is 0 Å². The molecule has 16 heavy (non-hydrogen) atoms. The third kappa shape index (κ3) is 3.81. The van der Waals surface area contributed by atoms with Gasteiger partial charge in [0.15, 0.2) is 0 Å². The van der Waals surface area contributed by atoms with Crippen molar-refractivity contribution < 1.29 is 9.90 Å². The minimum Gasteiger partial charge on any atom is -0.480 e. The highest BCUT2D eigenvalue weighted by Crippen LogP contribution is 2.15. The first-order valence-electron chi connectivity index (χ1n) is 4.98. The lowest BCUT2D eigenvalue weighted by atomic mass is 10.1. The zero-order valence-corrected chi connectivity index (χ0v) is 9.74. The van der Waals surface area contributed by atoms with Crippen molar-refractivity contribution in [3.05, 3.63) is 34.9 Å². The van der Waals surface area contributed by atoms with Gasteiger partial charge in [0.2, 0.25) is 0 Å². The maximum absolute atomic E-state index is 10.5. The fraction of sp³-hybridized carbons (Fsp3) is 0.364. The highest BCUT2D eigenvalue weighted by atomic mass is 35.5. The number of aliphatic carboxylic acids is 1. The highest BCUT2D eigenvalue weighted by Gasteiger charge is 2.12. The summed E-state index contributed by atoms with van der Waals surface area (Å²) in [7, 11) is 0. The molecule has 0 heterocycles. The lowest BCUT2D eigenvalue weighted by Crippen LogP contribution is -2.41. The van der Waals surface area contributed by atoms with Gasteiger partial charge in [-0.05, 0) is 24.6 Å². The molecule has 1 rings (SSSR count). The molecule has 1 unspecified atom stereocenters. The maximum atomic E-state index is 10.5. The Labute approximate surface area is 99.4 Å². The van der Waals surface area contributed by atoms with Crippen LogP contribution in [-0.2, 0) is 4.79 Å². The van der Waals surface area contributed by atoms with E-state index >= 15 is 0 Å². The Morgan fingerprint density at radius 2 is 2.06 bits per heavy atom. The fourth-order valence-electron chi connectivity index (χ4n) is 1.26. The molecule has 4 nitrogen and oxygen atoms in total. The lowest BCUT2D eigenvalue weighted by Gasteiger charge is -2.16. The van der Waals surface area contributed by atoms with E-state index in [2.05, 4.69) is 5.32 Å². The number of hydrogen-bond acceptors (Lipinski definition) is 3. The zero-order chi connectivity index (χ0) is 12.1. The Morgan fingerprint density at radius 3 is 2.56 bits per heavy atom. The van der Waals surface area contributed by atoms with Crippen LogP contribution < -0.4 is 11.1 Å². The predicted molar refractivity (Wildman–Crippen MR) is 63.5 cm³/mol. The monoisotopic (exact) mass is 242 g/mol. The third-order valence-corrected chi connectivity index (χ3v) is 2.58. The summed E-state index contributed by atoms with van der Waals surface area (Å²) < 4.78 is 0. The second-order valence-corrected chi connectivity index (χ2v) is 4.06. The number of carbonyl (C=O) groups is 1. The van der Waals surface area contributed by atoms with Gasteiger partial charge in [0.1, 0.15) is 6.04 Å². The number of carboxylic acid groups (broad SMARTS) is 1. The third-order valence-electron chi connectivity index (χ3n) is 2.33. The molecule has 0 amide bonds. The summed E-state index contributed by atoms with van der Waals surface area (Å²) in [5.41, 5.74) is 6.43. The fourth-order valence-corrected chi connectivity index (χ4v) is 1.39. The Morgan fingerprint density at radius 1 is 1.50 bits per heavy atom. The van der Waals surface area contributed by atoms with E-state index in [0.717, 1.165) is 5.56 Å². The number of rotatable bonds is 5. The first kappa shape index (κ1) is 13.0. The number of carboxylic acids is 1. The van der Waals surface area contributed by atoms with Gasteiger partial charge in [0.05, 0.1) is 0 Å². The number of nitrogens with one attached hydrogen (secondary N) is 1. The van der Waals surface area contributed by atoms with E-state index in [0.29, 0.717) is 5.02 Å². The van der Waals surface area contributed by atoms with Crippen LogP contribution in [0.25, 0.3) is 0 Å². The van der Waals surface area contributed by atoms with E-state index in [1.807, 2.05) is 19.1 Å². The van der Waals surface area contributed by atoms with E-state index in [-0.39, 0.29) is 12.6 Å². The molecule has 0 saturated carbocycles. The minimum atomic E-state index is -1.00. The van der Waals surface area contributed by atoms with Crippen molar-refractivity contribution in [3.63, 3.8) is 0 Å². The summed E-state index contributed by atoms with van der Waals surface area (Å²) in [5.74, 6) is -1.00. The number of halogens is 1. The Hall–Kier alpha value is -1.10. The normalized spacial score (nSPS) is 14.4. The second-order valence-electron chi connectivity index (χ2n) is 3.63. The van der Waals surface area contributed by atoms with Gasteiger partial charge in [-0.25, -0.2) is 0 Å². The summed E-state index contributed by atoms with van der Waals surface area (Å²) >= 11 is 5.77. The van der Waals surface area contributed by atoms with E-state index in [4.69, 9.17) is 22.4 Å². The molecule has 2 atom stereocenters. The van der Waals surface area contributed by atoms with Crippen LogP contribution >= 0.6 is 11.6 Å². The number of hydrogen-bond donors (Lipinski definition) is 3. The first-order chi connectivity index (χ1) is 7.50. The van der Waals surface area contributed by atoms with Crippen molar-refractivity contribution in [2.45, 2.75) is 19.0 Å². The molecule has 0 aliphatic rings. The van der Waals surface area contributed by atoms with Gasteiger partial charge >= 0.3 is 5.97 Å². The van der Waals surface area contributed by atoms with E-state index in [1.165, 1.54) is 0 Å². The molecule has 0 radical (unpaired) electrons. The largest absolute Gasteiger partial charge is 0.480 e. The van der Waals surface area contributed by atoms with Crippen LogP contribution in [0.5, 0.6) is 0 Å². The summed E-state index contributed by atoms with van der Waals surface area (Å²) in [4.78, 5) is 10.5. The van der Waals surface area contributed by atoms with Crippen LogP contribution in [-0.4, -0.2) is 23.7 Å². The molecule has 4 N–H and O–H groups in total. The van der Waals surface area contributed by atoms with E-state index in [1.54, 1.807) is 12.1 Å². The van der Waals surface area contributed by atoms with Crippen LogP contribution in [0.15, 0.2) is 24.3 Å². The van der Waals surface area contributed by atoms with Gasteiger partial charge in [0, 0.05) is 17.6 Å². The Kier molecular flexibility index (Phi) is 4.73. The molecular formula is C11H15ClN2O2. The molecule has 88 valence electrons. The van der Waals surface area contributed by atoms with Crippen LogP contribution in [0, 0.1) is 0 Å². The van der Waals surface area contributed by atoms with Crippen LogP contribution in [0.4, 0.5) is 0 Å². The molecule has 0 saturated heterocycles. The number of benzene rings is 1. The van der Waals surface area contributed by atoms with Crippen LogP contribution in [0.1, 0.15) is 18.5 Å². The molecule has 0 aliphatic heterocycles. The molecule has 1 aromatic carbocycles. The average Bonchev–Trinajstić information content (AvgIpc) is 2.26. The molecule has 0 bridgehead atoms. The lowest BCUT2D eigenvalue weighted by molar-refractivity contribution is -0.138. The zero-order valence-electron chi connectivity index (χ0n) is 8.98. The van der Waals surface area contributed by atoms with Crippen molar-refractivity contribution in [1.82, 2.24) is 5.32 Å². The molecule has 0 spiro atoms. The average molecular weight is 243 g/mol. The SMILES string of the molecule is C[C@H](NCC(N)C(=O)O)c1ccc(Cl)cc1. The van der Waals surface area contributed by atoms with Crippen molar-refractivity contribution >= 4 is 17.6 Å². The topological polar surface area (TPSA) is 75.3 Å². The summed E-state index contributed by atoms with van der Waals surface area (Å²) in [6, 6.07) is 6.55. The smallest absolute Gasteiger partial charge is 0.321 e. The van der Waals surface area contributed by atoms with Gasteiger partial charge in [-0.15, -0.1) is 0 Å². The van der Waals surface area contributed by atoms with Gasteiger partial charge in [0.25, 0.3) is 0 Å². The second kappa shape index (κ2) is 5.84. The molecule has 0 fully saturated rings. The first-order valence-corrected chi connectivity index (χ1v) is 5.35. The van der Waals surface area contributed by atoms with E-state index < -0.39 is 12.0 Å². The van der Waals surface area contributed by atoms with Crippen molar-refractivity contribution in [1.29, 1.82) is 0 Å². The maximum Gasteiger partial charge on any atom is 0.321 e. The van der Waals surface area contributed by atoms with Gasteiger partial charge in [-0.3, -0.25) is 4.79 Å². The van der Waals surface area contributed by atoms with Crippen LogP contribution in [0.2, 0.25) is 5.02 Å². The Balaban J connectivity index is 2.49. The van der Waals surface area contributed by atoms with Crippen LogP contribution in [0.3, 0.4) is 0 Å².